The van der Waals surface area contributed by atoms with Crippen LogP contribution in [0.3, 0.4) is 0 Å². The van der Waals surface area contributed by atoms with Gasteiger partial charge >= 0.3 is 6.18 Å². The van der Waals surface area contributed by atoms with E-state index in [1.807, 2.05) is 11.9 Å². The Morgan fingerprint density at radius 1 is 1.02 bits per heavy atom. The van der Waals surface area contributed by atoms with Crippen LogP contribution in [-0.2, 0) is 12.7 Å². The molecular formula is C28H26F3N9O. The molecule has 0 atom stereocenters. The third-order valence-electron chi connectivity index (χ3n) is 7.07. The molecule has 0 bridgehead atoms. The van der Waals surface area contributed by atoms with E-state index in [1.165, 1.54) is 16.8 Å². The molecule has 4 heterocycles. The first-order valence-electron chi connectivity index (χ1n) is 13.0. The zero-order chi connectivity index (χ0) is 28.6. The van der Waals surface area contributed by atoms with Crippen molar-refractivity contribution in [2.75, 3.05) is 38.5 Å². The lowest BCUT2D eigenvalue weighted by Gasteiger charge is -2.33. The number of alkyl halides is 3. The van der Waals surface area contributed by atoms with Crippen molar-refractivity contribution in [3.8, 4) is 16.9 Å². The van der Waals surface area contributed by atoms with Crippen molar-refractivity contribution in [1.29, 1.82) is 0 Å². The molecule has 41 heavy (non-hydrogen) atoms. The maximum atomic E-state index is 14.0. The highest BCUT2D eigenvalue weighted by molar-refractivity contribution is 6.04. The summed E-state index contributed by atoms with van der Waals surface area (Å²) in [6, 6.07) is 12.3. The highest BCUT2D eigenvalue weighted by Crippen LogP contribution is 2.35. The fourth-order valence-electron chi connectivity index (χ4n) is 4.76. The number of benzene rings is 2. The normalized spacial score (nSPS) is 14.9. The molecule has 13 heteroatoms. The zero-order valence-electron chi connectivity index (χ0n) is 22.1. The summed E-state index contributed by atoms with van der Waals surface area (Å²) in [5.41, 5.74) is 2.29. The third kappa shape index (κ3) is 5.81. The van der Waals surface area contributed by atoms with Crippen molar-refractivity contribution in [3.63, 3.8) is 0 Å². The topological polar surface area (TPSA) is 96.5 Å². The number of aromatic nitrogens is 6. The first-order valence-corrected chi connectivity index (χ1v) is 13.0. The van der Waals surface area contributed by atoms with Crippen LogP contribution in [0.4, 0.5) is 18.9 Å². The van der Waals surface area contributed by atoms with Crippen molar-refractivity contribution in [3.05, 3.63) is 90.0 Å². The minimum atomic E-state index is -4.55. The van der Waals surface area contributed by atoms with E-state index >= 15 is 0 Å². The molecule has 0 saturated carbocycles. The Hall–Kier alpha value is -4.62. The van der Waals surface area contributed by atoms with Crippen LogP contribution in [0.5, 0.6) is 0 Å². The van der Waals surface area contributed by atoms with E-state index in [9.17, 15) is 18.0 Å². The summed E-state index contributed by atoms with van der Waals surface area (Å²) in [5, 5.41) is 15.1. The summed E-state index contributed by atoms with van der Waals surface area (Å²) in [7, 11) is 2.00. The van der Waals surface area contributed by atoms with Gasteiger partial charge in [-0.15, -0.1) is 5.10 Å². The minimum Gasteiger partial charge on any atom is -0.322 e. The van der Waals surface area contributed by atoms with E-state index in [0.717, 1.165) is 19.2 Å². The second kappa shape index (κ2) is 10.7. The monoisotopic (exact) mass is 561 g/mol. The summed E-state index contributed by atoms with van der Waals surface area (Å²) in [4.78, 5) is 21.5. The second-order valence-corrected chi connectivity index (χ2v) is 9.98. The van der Waals surface area contributed by atoms with Crippen LogP contribution in [0.25, 0.3) is 22.6 Å². The van der Waals surface area contributed by atoms with Crippen LogP contribution in [-0.4, -0.2) is 78.5 Å². The predicted octanol–water partition coefficient (Wildman–Crippen LogP) is 4.00. The molecule has 3 aromatic heterocycles. The fraction of sp³-hybridized carbons (Fsp3) is 0.250. The number of anilines is 1. The molecule has 0 spiro atoms. The van der Waals surface area contributed by atoms with Crippen molar-refractivity contribution < 1.29 is 18.0 Å². The molecule has 0 unspecified atom stereocenters. The lowest BCUT2D eigenvalue weighted by atomic mass is 10.0. The smallest absolute Gasteiger partial charge is 0.322 e. The van der Waals surface area contributed by atoms with Gasteiger partial charge in [-0.25, -0.2) is 14.2 Å². The Kier molecular flexibility index (Phi) is 6.97. The van der Waals surface area contributed by atoms with Crippen LogP contribution in [0.2, 0.25) is 0 Å². The lowest BCUT2D eigenvalue weighted by Crippen LogP contribution is -2.44. The second-order valence-electron chi connectivity index (χ2n) is 9.98. The average molecular weight is 562 g/mol. The van der Waals surface area contributed by atoms with E-state index in [0.29, 0.717) is 35.7 Å². The summed E-state index contributed by atoms with van der Waals surface area (Å²) in [6.07, 6.45) is 2.24. The number of carbonyl (C=O) groups is 1. The predicted molar refractivity (Wildman–Crippen MR) is 146 cm³/mol. The fourth-order valence-corrected chi connectivity index (χ4v) is 4.76. The first kappa shape index (κ1) is 26.6. The number of likely N-dealkylation sites (N-methyl/N-ethyl adjacent to an activating group) is 1. The number of carbonyl (C=O) groups excluding carboxylic acids is 1. The number of amides is 1. The van der Waals surface area contributed by atoms with Crippen molar-refractivity contribution in [2.45, 2.75) is 12.7 Å². The van der Waals surface area contributed by atoms with Gasteiger partial charge in [0.2, 0.25) is 0 Å². The number of nitrogens with one attached hydrogen (secondary N) is 1. The van der Waals surface area contributed by atoms with Gasteiger partial charge in [-0.1, -0.05) is 17.3 Å². The molecule has 1 aliphatic rings. The Bertz CT molecular complexity index is 1700. The van der Waals surface area contributed by atoms with Gasteiger partial charge in [-0.05, 0) is 42.9 Å². The zero-order valence-corrected chi connectivity index (χ0v) is 22.1. The van der Waals surface area contributed by atoms with Gasteiger partial charge in [0.15, 0.2) is 5.65 Å². The highest BCUT2D eigenvalue weighted by atomic mass is 19.4. The third-order valence-corrected chi connectivity index (χ3v) is 7.07. The molecule has 2 aromatic carbocycles. The van der Waals surface area contributed by atoms with E-state index in [2.05, 4.69) is 30.6 Å². The quantitative estimate of drug-likeness (QED) is 0.335. The molecular weight excluding hydrogens is 535 g/mol. The van der Waals surface area contributed by atoms with Crippen molar-refractivity contribution in [1.82, 2.24) is 39.4 Å². The number of nitrogens with zero attached hydrogens (tertiary/aromatic N) is 8. The Labute approximate surface area is 233 Å². The molecule has 10 nitrogen and oxygen atoms in total. The molecule has 1 fully saturated rings. The van der Waals surface area contributed by atoms with Crippen LogP contribution in [0, 0.1) is 0 Å². The van der Waals surface area contributed by atoms with Gasteiger partial charge in [-0.2, -0.15) is 18.3 Å². The van der Waals surface area contributed by atoms with Crippen LogP contribution >= 0.6 is 0 Å². The summed E-state index contributed by atoms with van der Waals surface area (Å²) >= 11 is 0. The van der Waals surface area contributed by atoms with E-state index in [4.69, 9.17) is 0 Å². The molecule has 0 aliphatic carbocycles. The summed E-state index contributed by atoms with van der Waals surface area (Å²) in [6.45, 7) is 3.22. The number of hydrogen-bond acceptors (Lipinski definition) is 7. The van der Waals surface area contributed by atoms with Gasteiger partial charge in [0, 0.05) is 68.0 Å². The number of fused-ring (bicyclic) bond motifs is 1. The van der Waals surface area contributed by atoms with E-state index in [-0.39, 0.29) is 23.4 Å². The molecule has 6 rings (SSSR count). The maximum Gasteiger partial charge on any atom is 0.416 e. The number of piperazine rings is 1. The average Bonchev–Trinajstić information content (AvgIpc) is 3.64. The summed E-state index contributed by atoms with van der Waals surface area (Å²) < 4.78 is 45.0. The van der Waals surface area contributed by atoms with Crippen molar-refractivity contribution >= 4 is 17.2 Å². The SMILES string of the molecule is CN1CCN(Cc2ccc(NC(=O)c3cccc(-n4cc(-c5cnc6ccnn6c5)nn4)c3)cc2C(F)(F)F)CC1. The largest absolute Gasteiger partial charge is 0.416 e. The van der Waals surface area contributed by atoms with Gasteiger partial charge < -0.3 is 10.2 Å². The maximum absolute atomic E-state index is 14.0. The summed E-state index contributed by atoms with van der Waals surface area (Å²) in [5.74, 6) is -0.541. The van der Waals surface area contributed by atoms with Gasteiger partial charge in [0.25, 0.3) is 5.91 Å². The minimum absolute atomic E-state index is 0.0689. The molecule has 5 aromatic rings. The van der Waals surface area contributed by atoms with Crippen LogP contribution in [0.15, 0.2) is 73.3 Å². The lowest BCUT2D eigenvalue weighted by molar-refractivity contribution is -0.138. The molecule has 210 valence electrons. The number of hydrogen-bond donors (Lipinski definition) is 1. The Balaban J connectivity index is 1.19. The molecule has 0 radical (unpaired) electrons. The van der Waals surface area contributed by atoms with E-state index in [1.54, 1.807) is 59.6 Å². The molecule has 1 amide bonds. The first-order chi connectivity index (χ1) is 19.7. The van der Waals surface area contributed by atoms with E-state index < -0.39 is 17.6 Å². The van der Waals surface area contributed by atoms with Crippen LogP contribution in [0.1, 0.15) is 21.5 Å². The van der Waals surface area contributed by atoms with Gasteiger partial charge in [0.05, 0.1) is 23.6 Å². The number of rotatable bonds is 6. The highest BCUT2D eigenvalue weighted by Gasteiger charge is 2.34. The standard InChI is InChI=1S/C28H26F3N9O/c1-37-9-11-38(12-10-37)16-20-5-6-22(14-24(20)28(29,30)31)34-27(41)19-3-2-4-23(13-19)39-18-25(35-36-39)21-15-32-26-7-8-33-40(26)17-21/h2-8,13-15,17-18H,9-12,16H2,1H3,(H,34,41). The molecule has 1 N–H and O–H groups in total. The Morgan fingerprint density at radius 2 is 1.85 bits per heavy atom. The number of halogens is 3. The van der Waals surface area contributed by atoms with Crippen LogP contribution < -0.4 is 5.32 Å². The van der Waals surface area contributed by atoms with Gasteiger partial charge in [-0.3, -0.25) is 9.69 Å². The molecule has 1 saturated heterocycles. The Morgan fingerprint density at radius 3 is 2.66 bits per heavy atom. The molecule has 1 aliphatic heterocycles. The van der Waals surface area contributed by atoms with Gasteiger partial charge in [0.1, 0.15) is 5.69 Å². The van der Waals surface area contributed by atoms with Crippen molar-refractivity contribution in [2.24, 2.45) is 0 Å².